The molecule has 3 aromatic heterocycles. The summed E-state index contributed by atoms with van der Waals surface area (Å²) in [6.07, 6.45) is 3.72. The molecule has 3 heterocycles. The fourth-order valence-electron chi connectivity index (χ4n) is 3.49. The monoisotopic (exact) mass is 361 g/mol. The summed E-state index contributed by atoms with van der Waals surface area (Å²) in [7, 11) is 0. The van der Waals surface area contributed by atoms with Crippen LogP contribution in [0, 0.1) is 20.8 Å². The Bertz CT molecular complexity index is 1080. The molecule has 0 saturated heterocycles. The van der Waals surface area contributed by atoms with Crippen molar-refractivity contribution in [1.82, 2.24) is 14.5 Å². The summed E-state index contributed by atoms with van der Waals surface area (Å²) in [5, 5.41) is 1.96. The number of halogens is 1. The number of hydrogen-bond acceptors (Lipinski definition) is 2. The number of hydrogen-bond donors (Lipinski definition) is 0. The lowest BCUT2D eigenvalue weighted by atomic mass is 10.00. The topological polar surface area (TPSA) is 30.7 Å². The van der Waals surface area contributed by atoms with Crippen molar-refractivity contribution in [2.75, 3.05) is 0 Å². The zero-order valence-electron chi connectivity index (χ0n) is 15.1. The van der Waals surface area contributed by atoms with Gasteiger partial charge in [0.1, 0.15) is 5.65 Å². The molecule has 26 heavy (non-hydrogen) atoms. The molecule has 0 amide bonds. The number of benzene rings is 1. The van der Waals surface area contributed by atoms with Crippen molar-refractivity contribution >= 4 is 22.6 Å². The van der Waals surface area contributed by atoms with Crippen LogP contribution in [-0.2, 0) is 6.54 Å². The summed E-state index contributed by atoms with van der Waals surface area (Å²) in [5.41, 5.74) is 8.06. The van der Waals surface area contributed by atoms with E-state index in [9.17, 15) is 0 Å². The molecule has 4 aromatic rings. The van der Waals surface area contributed by atoms with Crippen molar-refractivity contribution in [3.05, 3.63) is 82.4 Å². The fraction of sp³-hybridized carbons (Fsp3) is 0.182. The molecule has 0 N–H and O–H groups in total. The highest BCUT2D eigenvalue weighted by molar-refractivity contribution is 6.30. The first kappa shape index (κ1) is 16.8. The molecule has 3 nitrogen and oxygen atoms in total. The Balaban J connectivity index is 1.96. The third-order valence-electron chi connectivity index (χ3n) is 4.93. The molecule has 0 saturated carbocycles. The van der Waals surface area contributed by atoms with Gasteiger partial charge < -0.3 is 4.57 Å². The van der Waals surface area contributed by atoms with Gasteiger partial charge in [-0.2, -0.15) is 0 Å². The van der Waals surface area contributed by atoms with Crippen LogP contribution in [0.1, 0.15) is 22.5 Å². The Morgan fingerprint density at radius 3 is 2.50 bits per heavy atom. The third-order valence-corrected chi connectivity index (χ3v) is 5.18. The number of aryl methyl sites for hydroxylation is 2. The van der Waals surface area contributed by atoms with Gasteiger partial charge in [0.05, 0.1) is 6.54 Å². The van der Waals surface area contributed by atoms with Crippen LogP contribution in [0.5, 0.6) is 0 Å². The average molecular weight is 362 g/mol. The molecule has 0 atom stereocenters. The van der Waals surface area contributed by atoms with Crippen molar-refractivity contribution < 1.29 is 0 Å². The van der Waals surface area contributed by atoms with Crippen LogP contribution in [-0.4, -0.2) is 14.5 Å². The maximum Gasteiger partial charge on any atom is 0.141 e. The first-order chi connectivity index (χ1) is 12.5. The Labute approximate surface area is 158 Å². The van der Waals surface area contributed by atoms with Crippen molar-refractivity contribution in [1.29, 1.82) is 0 Å². The second-order valence-electron chi connectivity index (χ2n) is 6.67. The van der Waals surface area contributed by atoms with E-state index in [2.05, 4.69) is 47.7 Å². The highest BCUT2D eigenvalue weighted by Crippen LogP contribution is 2.35. The lowest BCUT2D eigenvalue weighted by Crippen LogP contribution is -2.03. The number of rotatable bonds is 3. The SMILES string of the molecule is Cc1cc(-c2ccc(Cl)cc2)c2c(C)c(C)n(Cc3cccnc3)c2n1. The number of aromatic nitrogens is 3. The van der Waals surface area contributed by atoms with Crippen LogP contribution < -0.4 is 0 Å². The smallest absolute Gasteiger partial charge is 0.141 e. The molecular formula is C22H20ClN3. The van der Waals surface area contributed by atoms with Gasteiger partial charge >= 0.3 is 0 Å². The molecule has 0 aliphatic heterocycles. The largest absolute Gasteiger partial charge is 0.325 e. The second-order valence-corrected chi connectivity index (χ2v) is 7.11. The Kier molecular flexibility index (Phi) is 4.25. The maximum absolute atomic E-state index is 6.08. The van der Waals surface area contributed by atoms with Crippen LogP contribution in [0.3, 0.4) is 0 Å². The van der Waals surface area contributed by atoms with Gasteiger partial charge in [-0.15, -0.1) is 0 Å². The number of nitrogens with zero attached hydrogens (tertiary/aromatic N) is 3. The lowest BCUT2D eigenvalue weighted by Gasteiger charge is -2.10. The summed E-state index contributed by atoms with van der Waals surface area (Å²) < 4.78 is 2.29. The molecule has 130 valence electrons. The highest BCUT2D eigenvalue weighted by atomic mass is 35.5. The van der Waals surface area contributed by atoms with Gasteiger partial charge in [0, 0.05) is 34.2 Å². The van der Waals surface area contributed by atoms with E-state index < -0.39 is 0 Å². The summed E-state index contributed by atoms with van der Waals surface area (Å²) >= 11 is 6.08. The average Bonchev–Trinajstić information content (AvgIpc) is 2.87. The van der Waals surface area contributed by atoms with Crippen LogP contribution in [0.4, 0.5) is 0 Å². The van der Waals surface area contributed by atoms with E-state index in [-0.39, 0.29) is 0 Å². The van der Waals surface area contributed by atoms with Crippen molar-refractivity contribution in [3.63, 3.8) is 0 Å². The molecule has 0 spiro atoms. The highest BCUT2D eigenvalue weighted by Gasteiger charge is 2.17. The van der Waals surface area contributed by atoms with Crippen LogP contribution in [0.25, 0.3) is 22.2 Å². The lowest BCUT2D eigenvalue weighted by molar-refractivity contribution is 0.786. The predicted molar refractivity (Wildman–Crippen MR) is 108 cm³/mol. The Morgan fingerprint density at radius 1 is 1.04 bits per heavy atom. The van der Waals surface area contributed by atoms with E-state index in [0.29, 0.717) is 0 Å². The molecule has 4 heteroatoms. The molecule has 0 bridgehead atoms. The number of pyridine rings is 2. The zero-order valence-corrected chi connectivity index (χ0v) is 15.9. The molecule has 0 aliphatic rings. The third kappa shape index (κ3) is 2.89. The van der Waals surface area contributed by atoms with E-state index in [1.807, 2.05) is 31.3 Å². The molecule has 0 radical (unpaired) electrons. The minimum atomic E-state index is 0.748. The van der Waals surface area contributed by atoms with E-state index in [1.165, 1.54) is 27.8 Å². The van der Waals surface area contributed by atoms with Crippen LogP contribution >= 0.6 is 11.6 Å². The molecule has 1 aromatic carbocycles. The van der Waals surface area contributed by atoms with Crippen LogP contribution in [0.2, 0.25) is 5.02 Å². The molecule has 0 aliphatic carbocycles. The van der Waals surface area contributed by atoms with E-state index in [1.54, 1.807) is 6.20 Å². The second kappa shape index (κ2) is 6.58. The Hall–Kier alpha value is -2.65. The quantitative estimate of drug-likeness (QED) is 0.467. The predicted octanol–water partition coefficient (Wildman–Crippen LogP) is 5.73. The maximum atomic E-state index is 6.08. The van der Waals surface area contributed by atoms with Gasteiger partial charge in [-0.3, -0.25) is 4.98 Å². The van der Waals surface area contributed by atoms with Crippen molar-refractivity contribution in [2.24, 2.45) is 0 Å². The molecular weight excluding hydrogens is 342 g/mol. The minimum absolute atomic E-state index is 0.748. The molecule has 0 unspecified atom stereocenters. The van der Waals surface area contributed by atoms with Gasteiger partial charge in [-0.05, 0) is 67.3 Å². The molecule has 4 rings (SSSR count). The first-order valence-corrected chi connectivity index (χ1v) is 9.04. The summed E-state index contributed by atoms with van der Waals surface area (Å²) in [4.78, 5) is 9.12. The standard InChI is InChI=1S/C22H20ClN3/c1-14-11-20(18-6-8-19(23)9-7-18)21-15(2)16(3)26(22(21)25-14)13-17-5-4-10-24-12-17/h4-12H,13H2,1-3H3. The number of fused-ring (bicyclic) bond motifs is 1. The minimum Gasteiger partial charge on any atom is -0.325 e. The van der Waals surface area contributed by atoms with Gasteiger partial charge in [0.2, 0.25) is 0 Å². The zero-order chi connectivity index (χ0) is 18.3. The van der Waals surface area contributed by atoms with Gasteiger partial charge in [0.25, 0.3) is 0 Å². The van der Waals surface area contributed by atoms with Gasteiger partial charge in [0.15, 0.2) is 0 Å². The van der Waals surface area contributed by atoms with E-state index >= 15 is 0 Å². The summed E-state index contributed by atoms with van der Waals surface area (Å²) in [6.45, 7) is 7.15. The van der Waals surface area contributed by atoms with Crippen molar-refractivity contribution in [3.8, 4) is 11.1 Å². The van der Waals surface area contributed by atoms with Crippen LogP contribution in [0.15, 0.2) is 54.9 Å². The van der Waals surface area contributed by atoms with Crippen molar-refractivity contribution in [2.45, 2.75) is 27.3 Å². The normalized spacial score (nSPS) is 11.2. The fourth-order valence-corrected chi connectivity index (χ4v) is 3.61. The first-order valence-electron chi connectivity index (χ1n) is 8.66. The molecule has 0 fully saturated rings. The summed E-state index contributed by atoms with van der Waals surface area (Å²) in [6, 6.07) is 14.3. The van der Waals surface area contributed by atoms with E-state index in [0.717, 1.165) is 28.5 Å². The van der Waals surface area contributed by atoms with E-state index in [4.69, 9.17) is 16.6 Å². The van der Waals surface area contributed by atoms with Gasteiger partial charge in [-0.25, -0.2) is 4.98 Å². The van der Waals surface area contributed by atoms with Gasteiger partial charge in [-0.1, -0.05) is 29.8 Å². The Morgan fingerprint density at radius 2 is 1.81 bits per heavy atom. The summed E-state index contributed by atoms with van der Waals surface area (Å²) in [5.74, 6) is 0.